The molecule has 0 fully saturated rings. The van der Waals surface area contributed by atoms with Gasteiger partial charge in [-0.25, -0.2) is 0 Å². The molecular formula is C18H18ClO4P. The number of methoxy groups -OCH3 is 1. The lowest BCUT2D eigenvalue weighted by Crippen LogP contribution is -2.26. The fourth-order valence-electron chi connectivity index (χ4n) is 2.65. The minimum absolute atomic E-state index is 0.247. The van der Waals surface area contributed by atoms with Gasteiger partial charge in [0.2, 0.25) is 0 Å². The lowest BCUT2D eigenvalue weighted by Gasteiger charge is -2.22. The summed E-state index contributed by atoms with van der Waals surface area (Å²) in [5.74, 6) is -1.80. The molecule has 3 unspecified atom stereocenters. The molecule has 0 aliphatic rings. The first-order chi connectivity index (χ1) is 11.5. The Morgan fingerprint density at radius 1 is 1.08 bits per heavy atom. The molecule has 4 nitrogen and oxygen atoms in total. The predicted octanol–water partition coefficient (Wildman–Crippen LogP) is 4.28. The fourth-order valence-corrected chi connectivity index (χ4v) is 3.12. The number of rotatable bonds is 6. The van der Waals surface area contributed by atoms with E-state index >= 15 is 0 Å². The average Bonchev–Trinajstić information content (AvgIpc) is 2.61. The first kappa shape index (κ1) is 18.4. The Kier molecular flexibility index (Phi) is 6.36. The molecular weight excluding hydrogens is 347 g/mol. The molecule has 2 aromatic carbocycles. The van der Waals surface area contributed by atoms with Crippen molar-refractivity contribution in [2.45, 2.75) is 12.8 Å². The highest BCUT2D eigenvalue weighted by molar-refractivity contribution is 7.10. The quantitative estimate of drug-likeness (QED) is 0.567. The van der Waals surface area contributed by atoms with Crippen LogP contribution in [0.1, 0.15) is 28.8 Å². The summed E-state index contributed by atoms with van der Waals surface area (Å²) in [6.45, 7) is 1.67. The molecule has 24 heavy (non-hydrogen) atoms. The molecule has 0 aromatic heterocycles. The molecule has 3 atom stereocenters. The van der Waals surface area contributed by atoms with Gasteiger partial charge in [-0.3, -0.25) is 9.59 Å². The molecule has 0 saturated heterocycles. The Morgan fingerprint density at radius 2 is 1.75 bits per heavy atom. The first-order valence-electron chi connectivity index (χ1n) is 7.33. The van der Waals surface area contributed by atoms with Crippen LogP contribution in [0.4, 0.5) is 0 Å². The molecule has 0 radical (unpaired) electrons. The SMILES string of the molecule is COc1c(Cl)cccc1C(=O)C(c1ccccc1)C(C)C(=O)OP. The molecule has 0 aliphatic heterocycles. The van der Waals surface area contributed by atoms with Crippen LogP contribution in [0.25, 0.3) is 0 Å². The lowest BCUT2D eigenvalue weighted by molar-refractivity contribution is -0.137. The molecule has 2 aromatic rings. The van der Waals surface area contributed by atoms with E-state index in [0.29, 0.717) is 16.3 Å². The zero-order valence-electron chi connectivity index (χ0n) is 13.4. The van der Waals surface area contributed by atoms with Crippen molar-refractivity contribution in [3.8, 4) is 5.75 Å². The number of ketones is 1. The molecule has 6 heteroatoms. The van der Waals surface area contributed by atoms with E-state index in [0.717, 1.165) is 5.56 Å². The maximum absolute atomic E-state index is 13.2. The number of hydrogen-bond donors (Lipinski definition) is 0. The number of Topliss-reactive ketones (excluding diaryl/α,β-unsaturated/α-hetero) is 1. The molecule has 0 aliphatic carbocycles. The number of ether oxygens (including phenoxy) is 1. The van der Waals surface area contributed by atoms with Gasteiger partial charge < -0.3 is 9.26 Å². The molecule has 2 rings (SSSR count). The van der Waals surface area contributed by atoms with Gasteiger partial charge in [0, 0.05) is 0 Å². The van der Waals surface area contributed by atoms with Gasteiger partial charge in [-0.05, 0) is 17.7 Å². The van der Waals surface area contributed by atoms with E-state index in [-0.39, 0.29) is 5.78 Å². The van der Waals surface area contributed by atoms with Gasteiger partial charge in [0.1, 0.15) is 5.75 Å². The Bertz CT molecular complexity index is 733. The molecule has 0 bridgehead atoms. The molecule has 0 N–H and O–H groups in total. The number of benzene rings is 2. The largest absolute Gasteiger partial charge is 0.494 e. The van der Waals surface area contributed by atoms with Crippen LogP contribution in [0.5, 0.6) is 5.75 Å². The van der Waals surface area contributed by atoms with Crippen molar-refractivity contribution in [3.63, 3.8) is 0 Å². The normalized spacial score (nSPS) is 13.0. The van der Waals surface area contributed by atoms with Gasteiger partial charge in [-0.2, -0.15) is 0 Å². The summed E-state index contributed by atoms with van der Waals surface area (Å²) >= 11 is 6.12. The highest BCUT2D eigenvalue weighted by atomic mass is 35.5. The van der Waals surface area contributed by atoms with Crippen LogP contribution in [0, 0.1) is 5.92 Å². The summed E-state index contributed by atoms with van der Waals surface area (Å²) in [4.78, 5) is 25.2. The highest BCUT2D eigenvalue weighted by Crippen LogP contribution is 2.35. The Labute approximate surface area is 148 Å². The van der Waals surface area contributed by atoms with Crippen LogP contribution in [0.15, 0.2) is 48.5 Å². The van der Waals surface area contributed by atoms with Gasteiger partial charge in [-0.15, -0.1) is 0 Å². The predicted molar refractivity (Wildman–Crippen MR) is 96.5 cm³/mol. The van der Waals surface area contributed by atoms with E-state index < -0.39 is 17.8 Å². The van der Waals surface area contributed by atoms with Crippen LogP contribution in [-0.4, -0.2) is 18.9 Å². The third-order valence-corrected chi connectivity index (χ3v) is 4.40. The summed E-state index contributed by atoms with van der Waals surface area (Å²) < 4.78 is 10.0. The monoisotopic (exact) mass is 364 g/mol. The molecule has 0 amide bonds. The number of para-hydroxylation sites is 1. The molecule has 0 heterocycles. The van der Waals surface area contributed by atoms with Crippen molar-refractivity contribution in [3.05, 3.63) is 64.7 Å². The van der Waals surface area contributed by atoms with Crippen LogP contribution < -0.4 is 4.74 Å². The van der Waals surface area contributed by atoms with Crippen molar-refractivity contribution in [1.82, 2.24) is 0 Å². The van der Waals surface area contributed by atoms with E-state index in [1.807, 2.05) is 39.8 Å². The van der Waals surface area contributed by atoms with Crippen molar-refractivity contribution in [2.24, 2.45) is 5.92 Å². The number of hydrogen-bond acceptors (Lipinski definition) is 4. The Hall–Kier alpha value is -1.90. The minimum Gasteiger partial charge on any atom is -0.494 e. The highest BCUT2D eigenvalue weighted by Gasteiger charge is 2.34. The zero-order valence-corrected chi connectivity index (χ0v) is 15.3. The second-order valence-electron chi connectivity index (χ2n) is 5.30. The topological polar surface area (TPSA) is 52.6 Å². The van der Waals surface area contributed by atoms with Crippen LogP contribution >= 0.6 is 21.1 Å². The van der Waals surface area contributed by atoms with Gasteiger partial charge >= 0.3 is 5.97 Å². The lowest BCUT2D eigenvalue weighted by atomic mass is 9.81. The summed E-state index contributed by atoms with van der Waals surface area (Å²) in [5.41, 5.74) is 1.06. The third-order valence-electron chi connectivity index (χ3n) is 3.87. The Balaban J connectivity index is 2.54. The fraction of sp³-hybridized carbons (Fsp3) is 0.222. The molecule has 126 valence electrons. The summed E-state index contributed by atoms with van der Waals surface area (Å²) in [5, 5.41) is 0.344. The van der Waals surface area contributed by atoms with E-state index in [1.165, 1.54) is 7.11 Å². The van der Waals surface area contributed by atoms with Crippen molar-refractivity contribution in [2.75, 3.05) is 7.11 Å². The van der Waals surface area contributed by atoms with Crippen LogP contribution in [-0.2, 0) is 9.32 Å². The maximum atomic E-state index is 13.2. The number of carbonyl (C=O) groups excluding carboxylic acids is 2. The summed E-state index contributed by atoms with van der Waals surface area (Å²) in [6, 6.07) is 14.1. The van der Waals surface area contributed by atoms with E-state index in [9.17, 15) is 9.59 Å². The van der Waals surface area contributed by atoms with Gasteiger partial charge in [0.05, 0.1) is 39.0 Å². The van der Waals surface area contributed by atoms with Crippen LogP contribution in [0.2, 0.25) is 5.02 Å². The van der Waals surface area contributed by atoms with Crippen LogP contribution in [0.3, 0.4) is 0 Å². The second kappa shape index (κ2) is 8.27. The van der Waals surface area contributed by atoms with Crippen molar-refractivity contribution < 1.29 is 18.8 Å². The van der Waals surface area contributed by atoms with Crippen molar-refractivity contribution >= 4 is 32.8 Å². The summed E-state index contributed by atoms with van der Waals surface area (Å²) in [6.07, 6.45) is 0. The van der Waals surface area contributed by atoms with Crippen molar-refractivity contribution in [1.29, 1.82) is 0 Å². The second-order valence-corrected chi connectivity index (χ2v) is 5.94. The maximum Gasteiger partial charge on any atom is 0.311 e. The first-order valence-corrected chi connectivity index (χ1v) is 8.18. The third kappa shape index (κ3) is 3.77. The zero-order chi connectivity index (χ0) is 17.7. The minimum atomic E-state index is -0.702. The average molecular weight is 365 g/mol. The number of halogens is 1. The van der Waals surface area contributed by atoms with E-state index in [1.54, 1.807) is 25.1 Å². The van der Waals surface area contributed by atoms with Gasteiger partial charge in [0.15, 0.2) is 5.78 Å². The molecule has 0 saturated carbocycles. The smallest absolute Gasteiger partial charge is 0.311 e. The van der Waals surface area contributed by atoms with E-state index in [2.05, 4.69) is 0 Å². The summed E-state index contributed by atoms with van der Waals surface area (Å²) in [7, 11) is 3.38. The van der Waals surface area contributed by atoms with Gasteiger partial charge in [0.25, 0.3) is 0 Å². The Morgan fingerprint density at radius 3 is 2.33 bits per heavy atom. The molecule has 0 spiro atoms. The van der Waals surface area contributed by atoms with Gasteiger partial charge in [-0.1, -0.05) is 54.9 Å². The number of carbonyl (C=O) groups is 2. The standard InChI is InChI=1S/C18H18ClO4P/c1-11(18(21)23-24)15(12-7-4-3-5-8-12)16(20)13-9-6-10-14(19)17(13)22-2/h3-11,15H,24H2,1-2H3. The van der Waals surface area contributed by atoms with E-state index in [4.69, 9.17) is 20.9 Å².